The molecule has 5 heteroatoms. The molecule has 0 fully saturated rings. The third-order valence-corrected chi connectivity index (χ3v) is 3.82. The Labute approximate surface area is 143 Å². The molecule has 122 valence electrons. The zero-order chi connectivity index (χ0) is 17.2. The number of fused-ring (bicyclic) bond motifs is 1. The standard InChI is InChI=1S/C20H13NO4/c22-20(23)14-8-11-18-17(12-14)19(25-21-18)13-6-9-16(10-7-13)24-15-4-2-1-3-5-15/h1-12H,(H,22,23). The van der Waals surface area contributed by atoms with Crippen LogP contribution in [0.4, 0.5) is 0 Å². The van der Waals surface area contributed by atoms with Crippen molar-refractivity contribution in [3.05, 3.63) is 78.4 Å². The van der Waals surface area contributed by atoms with E-state index in [0.29, 0.717) is 22.4 Å². The maximum absolute atomic E-state index is 11.2. The number of para-hydroxylation sites is 1. The van der Waals surface area contributed by atoms with E-state index < -0.39 is 5.97 Å². The van der Waals surface area contributed by atoms with Crippen LogP contribution in [0.5, 0.6) is 11.5 Å². The summed E-state index contributed by atoms with van der Waals surface area (Å²) in [6.07, 6.45) is 0. The molecule has 0 amide bonds. The summed E-state index contributed by atoms with van der Waals surface area (Å²) in [6.45, 7) is 0. The predicted molar refractivity (Wildman–Crippen MR) is 92.9 cm³/mol. The molecular weight excluding hydrogens is 318 g/mol. The van der Waals surface area contributed by atoms with E-state index in [4.69, 9.17) is 14.4 Å². The fourth-order valence-electron chi connectivity index (χ4n) is 2.58. The van der Waals surface area contributed by atoms with Gasteiger partial charge in [0.25, 0.3) is 0 Å². The number of hydrogen-bond acceptors (Lipinski definition) is 4. The van der Waals surface area contributed by atoms with Crippen LogP contribution in [-0.2, 0) is 0 Å². The highest BCUT2D eigenvalue weighted by Gasteiger charge is 2.13. The van der Waals surface area contributed by atoms with Crippen LogP contribution in [0.1, 0.15) is 10.4 Å². The molecule has 0 radical (unpaired) electrons. The van der Waals surface area contributed by atoms with Gasteiger partial charge in [0.2, 0.25) is 0 Å². The van der Waals surface area contributed by atoms with Gasteiger partial charge in [-0.25, -0.2) is 4.79 Å². The molecule has 1 aromatic heterocycles. The first-order valence-corrected chi connectivity index (χ1v) is 7.67. The Hall–Kier alpha value is -3.60. The normalized spacial score (nSPS) is 10.7. The first-order valence-electron chi connectivity index (χ1n) is 7.67. The summed E-state index contributed by atoms with van der Waals surface area (Å²) in [5.74, 6) is 1.00. The molecule has 0 atom stereocenters. The molecule has 5 nitrogen and oxygen atoms in total. The Morgan fingerprint density at radius 1 is 0.920 bits per heavy atom. The largest absolute Gasteiger partial charge is 0.478 e. The Balaban J connectivity index is 1.67. The first kappa shape index (κ1) is 15.0. The van der Waals surface area contributed by atoms with Crippen LogP contribution < -0.4 is 4.74 Å². The number of aromatic nitrogens is 1. The molecule has 0 saturated heterocycles. The second-order valence-corrected chi connectivity index (χ2v) is 5.49. The van der Waals surface area contributed by atoms with Gasteiger partial charge in [0.15, 0.2) is 5.76 Å². The van der Waals surface area contributed by atoms with Gasteiger partial charge < -0.3 is 14.4 Å². The monoisotopic (exact) mass is 331 g/mol. The van der Waals surface area contributed by atoms with Gasteiger partial charge in [0.1, 0.15) is 17.0 Å². The van der Waals surface area contributed by atoms with Crippen LogP contribution >= 0.6 is 0 Å². The van der Waals surface area contributed by atoms with Crippen LogP contribution in [0.25, 0.3) is 22.2 Å². The molecule has 0 aliphatic carbocycles. The van der Waals surface area contributed by atoms with E-state index in [-0.39, 0.29) is 5.56 Å². The summed E-state index contributed by atoms with van der Waals surface area (Å²) in [5.41, 5.74) is 1.61. The average molecular weight is 331 g/mol. The van der Waals surface area contributed by atoms with Crippen molar-refractivity contribution in [1.29, 1.82) is 0 Å². The van der Waals surface area contributed by atoms with Gasteiger partial charge in [-0.05, 0) is 54.6 Å². The van der Waals surface area contributed by atoms with Crippen LogP contribution in [-0.4, -0.2) is 16.2 Å². The third kappa shape index (κ3) is 2.95. The average Bonchev–Trinajstić information content (AvgIpc) is 3.06. The number of carboxylic acids is 1. The lowest BCUT2D eigenvalue weighted by Crippen LogP contribution is -1.94. The summed E-state index contributed by atoms with van der Waals surface area (Å²) in [4.78, 5) is 11.2. The van der Waals surface area contributed by atoms with Crippen LogP contribution in [0, 0.1) is 0 Å². The van der Waals surface area contributed by atoms with Gasteiger partial charge in [0.05, 0.1) is 10.9 Å². The molecule has 0 saturated carbocycles. The van der Waals surface area contributed by atoms with Crippen molar-refractivity contribution in [2.75, 3.05) is 0 Å². The SMILES string of the molecule is O=C(O)c1ccc2noc(-c3ccc(Oc4ccccc4)cc3)c2c1. The van der Waals surface area contributed by atoms with Gasteiger partial charge in [-0.3, -0.25) is 0 Å². The summed E-state index contributed by atoms with van der Waals surface area (Å²) in [7, 11) is 0. The fraction of sp³-hybridized carbons (Fsp3) is 0. The van der Waals surface area contributed by atoms with Crippen molar-refractivity contribution in [3.8, 4) is 22.8 Å². The van der Waals surface area contributed by atoms with Gasteiger partial charge in [-0.2, -0.15) is 0 Å². The van der Waals surface area contributed by atoms with Gasteiger partial charge in [-0.1, -0.05) is 23.4 Å². The summed E-state index contributed by atoms with van der Waals surface area (Å²) >= 11 is 0. The molecule has 25 heavy (non-hydrogen) atoms. The van der Waals surface area contributed by atoms with Gasteiger partial charge in [-0.15, -0.1) is 0 Å². The Morgan fingerprint density at radius 3 is 2.36 bits per heavy atom. The first-order chi connectivity index (χ1) is 12.2. The van der Waals surface area contributed by atoms with Gasteiger partial charge in [0, 0.05) is 5.56 Å². The highest BCUT2D eigenvalue weighted by molar-refractivity contribution is 5.98. The van der Waals surface area contributed by atoms with Gasteiger partial charge >= 0.3 is 5.97 Å². The number of nitrogens with zero attached hydrogens (tertiary/aromatic N) is 1. The van der Waals surface area contributed by atoms with Crippen molar-refractivity contribution < 1.29 is 19.2 Å². The van der Waals surface area contributed by atoms with Crippen LogP contribution in [0.2, 0.25) is 0 Å². The van der Waals surface area contributed by atoms with E-state index in [9.17, 15) is 4.79 Å². The lowest BCUT2D eigenvalue weighted by atomic mass is 10.1. The molecule has 0 aliphatic rings. The summed E-state index contributed by atoms with van der Waals surface area (Å²) in [5, 5.41) is 13.8. The molecule has 4 aromatic rings. The quantitative estimate of drug-likeness (QED) is 0.570. The molecule has 0 unspecified atom stereocenters. The minimum absolute atomic E-state index is 0.195. The molecular formula is C20H13NO4. The number of carbonyl (C=O) groups is 1. The molecule has 0 bridgehead atoms. The predicted octanol–water partition coefficient (Wildman–Crippen LogP) is 4.99. The number of benzene rings is 3. The molecule has 0 spiro atoms. The van der Waals surface area contributed by atoms with Crippen molar-refractivity contribution in [2.45, 2.75) is 0 Å². The van der Waals surface area contributed by atoms with Crippen molar-refractivity contribution in [3.63, 3.8) is 0 Å². The lowest BCUT2D eigenvalue weighted by Gasteiger charge is -2.05. The van der Waals surface area contributed by atoms with E-state index in [1.807, 2.05) is 54.6 Å². The Bertz CT molecular complexity index is 1040. The van der Waals surface area contributed by atoms with Crippen LogP contribution in [0.15, 0.2) is 77.3 Å². The number of carboxylic acid groups (broad SMARTS) is 1. The zero-order valence-corrected chi connectivity index (χ0v) is 13.0. The maximum atomic E-state index is 11.2. The van der Waals surface area contributed by atoms with E-state index >= 15 is 0 Å². The van der Waals surface area contributed by atoms with E-state index in [1.165, 1.54) is 6.07 Å². The molecule has 1 N–H and O–H groups in total. The smallest absolute Gasteiger partial charge is 0.335 e. The summed E-state index contributed by atoms with van der Waals surface area (Å²) in [6, 6.07) is 21.6. The highest BCUT2D eigenvalue weighted by Crippen LogP contribution is 2.31. The second-order valence-electron chi connectivity index (χ2n) is 5.49. The third-order valence-electron chi connectivity index (χ3n) is 3.82. The zero-order valence-electron chi connectivity index (χ0n) is 13.0. The Morgan fingerprint density at radius 2 is 1.64 bits per heavy atom. The number of hydrogen-bond donors (Lipinski definition) is 1. The molecule has 4 rings (SSSR count). The number of ether oxygens (including phenoxy) is 1. The minimum atomic E-state index is -0.986. The lowest BCUT2D eigenvalue weighted by molar-refractivity contribution is 0.0697. The fourth-order valence-corrected chi connectivity index (χ4v) is 2.58. The Kier molecular flexibility index (Phi) is 3.67. The number of rotatable bonds is 4. The van der Waals surface area contributed by atoms with E-state index in [2.05, 4.69) is 5.16 Å². The molecule has 3 aromatic carbocycles. The minimum Gasteiger partial charge on any atom is -0.478 e. The number of aromatic carboxylic acids is 1. The van der Waals surface area contributed by atoms with Crippen molar-refractivity contribution in [2.24, 2.45) is 0 Å². The van der Waals surface area contributed by atoms with E-state index in [0.717, 1.165) is 11.3 Å². The van der Waals surface area contributed by atoms with Crippen LogP contribution in [0.3, 0.4) is 0 Å². The topological polar surface area (TPSA) is 72.6 Å². The molecule has 0 aliphatic heterocycles. The summed E-state index contributed by atoms with van der Waals surface area (Å²) < 4.78 is 11.2. The van der Waals surface area contributed by atoms with Crippen molar-refractivity contribution >= 4 is 16.9 Å². The second kappa shape index (κ2) is 6.13. The van der Waals surface area contributed by atoms with E-state index in [1.54, 1.807) is 12.1 Å². The highest BCUT2D eigenvalue weighted by atomic mass is 16.5. The maximum Gasteiger partial charge on any atom is 0.335 e. The van der Waals surface area contributed by atoms with Crippen molar-refractivity contribution in [1.82, 2.24) is 5.16 Å². The molecule has 1 heterocycles.